The molecule has 4 heteroatoms. The van der Waals surface area contributed by atoms with Gasteiger partial charge in [0.15, 0.2) is 0 Å². The van der Waals surface area contributed by atoms with Gasteiger partial charge in [-0.05, 0) is 50.1 Å². The summed E-state index contributed by atoms with van der Waals surface area (Å²) in [5.41, 5.74) is 2.75. The smallest absolute Gasteiger partial charge is 0.264 e. The van der Waals surface area contributed by atoms with Crippen LogP contribution in [0.4, 0.5) is 5.69 Å². The largest absolute Gasteiger partial charge is 0.266 e. The normalized spacial score (nSPS) is 11.3. The highest BCUT2D eigenvalue weighted by Gasteiger charge is 2.24. The molecular weight excluding hydrogens is 270 g/mol. The molecule has 0 heterocycles. The predicted molar refractivity (Wildman–Crippen MR) is 82.6 cm³/mol. The SMILES string of the molecule is CCN(c1cc(C)ccc1C)S(=O)(=O)c1ccccc1. The Morgan fingerprint density at radius 2 is 1.65 bits per heavy atom. The van der Waals surface area contributed by atoms with Gasteiger partial charge in [0.25, 0.3) is 10.0 Å². The molecule has 0 aliphatic carbocycles. The third-order valence-electron chi connectivity index (χ3n) is 3.25. The third-order valence-corrected chi connectivity index (χ3v) is 5.15. The average Bonchev–Trinajstić information content (AvgIpc) is 2.44. The van der Waals surface area contributed by atoms with Crippen molar-refractivity contribution < 1.29 is 8.42 Å². The number of nitrogens with zero attached hydrogens (tertiary/aromatic N) is 1. The van der Waals surface area contributed by atoms with Gasteiger partial charge in [0.2, 0.25) is 0 Å². The molecule has 0 unspecified atom stereocenters. The molecule has 0 amide bonds. The summed E-state index contributed by atoms with van der Waals surface area (Å²) in [5, 5.41) is 0. The Balaban J connectivity index is 2.55. The molecule has 0 spiro atoms. The van der Waals surface area contributed by atoms with Crippen molar-refractivity contribution in [3.05, 3.63) is 59.7 Å². The second-order valence-electron chi connectivity index (χ2n) is 4.77. The van der Waals surface area contributed by atoms with Crippen molar-refractivity contribution in [1.29, 1.82) is 0 Å². The van der Waals surface area contributed by atoms with Crippen LogP contribution in [0.5, 0.6) is 0 Å². The van der Waals surface area contributed by atoms with E-state index in [1.807, 2.05) is 45.0 Å². The van der Waals surface area contributed by atoms with Crippen LogP contribution in [-0.4, -0.2) is 15.0 Å². The maximum atomic E-state index is 12.8. The first kappa shape index (κ1) is 14.6. The summed E-state index contributed by atoms with van der Waals surface area (Å²) < 4.78 is 27.0. The molecule has 0 aliphatic heterocycles. The zero-order chi connectivity index (χ0) is 14.8. The molecule has 20 heavy (non-hydrogen) atoms. The van der Waals surface area contributed by atoms with E-state index in [-0.39, 0.29) is 0 Å². The van der Waals surface area contributed by atoms with E-state index >= 15 is 0 Å². The lowest BCUT2D eigenvalue weighted by atomic mass is 10.1. The first-order valence-electron chi connectivity index (χ1n) is 6.62. The van der Waals surface area contributed by atoms with Gasteiger partial charge in [0.05, 0.1) is 10.6 Å². The highest BCUT2D eigenvalue weighted by atomic mass is 32.2. The molecule has 0 radical (unpaired) electrons. The molecular formula is C16H19NO2S. The van der Waals surface area contributed by atoms with E-state index in [2.05, 4.69) is 0 Å². The predicted octanol–water partition coefficient (Wildman–Crippen LogP) is 3.52. The average molecular weight is 289 g/mol. The van der Waals surface area contributed by atoms with Crippen LogP contribution in [-0.2, 0) is 10.0 Å². The molecule has 0 aliphatic rings. The zero-order valence-corrected chi connectivity index (χ0v) is 12.8. The number of aryl methyl sites for hydroxylation is 2. The van der Waals surface area contributed by atoms with Gasteiger partial charge in [0.1, 0.15) is 0 Å². The van der Waals surface area contributed by atoms with Gasteiger partial charge in [-0.15, -0.1) is 0 Å². The number of sulfonamides is 1. The molecule has 106 valence electrons. The molecule has 0 bridgehead atoms. The maximum absolute atomic E-state index is 12.8. The van der Waals surface area contributed by atoms with Crippen molar-refractivity contribution in [1.82, 2.24) is 0 Å². The van der Waals surface area contributed by atoms with Gasteiger partial charge in [0, 0.05) is 6.54 Å². The Kier molecular flexibility index (Phi) is 4.14. The molecule has 2 aromatic carbocycles. The van der Waals surface area contributed by atoms with E-state index in [1.165, 1.54) is 4.31 Å². The molecule has 2 rings (SSSR count). The topological polar surface area (TPSA) is 37.4 Å². The summed E-state index contributed by atoms with van der Waals surface area (Å²) in [5.74, 6) is 0. The lowest BCUT2D eigenvalue weighted by Gasteiger charge is -2.25. The Labute approximate surface area is 120 Å². The monoisotopic (exact) mass is 289 g/mol. The summed E-state index contributed by atoms with van der Waals surface area (Å²) in [6, 6.07) is 14.4. The first-order chi connectivity index (χ1) is 9.46. The van der Waals surface area contributed by atoms with Crippen molar-refractivity contribution in [2.75, 3.05) is 10.8 Å². The number of hydrogen-bond donors (Lipinski definition) is 0. The van der Waals surface area contributed by atoms with E-state index in [4.69, 9.17) is 0 Å². The lowest BCUT2D eigenvalue weighted by molar-refractivity contribution is 0.591. The fraction of sp³-hybridized carbons (Fsp3) is 0.250. The number of rotatable bonds is 4. The van der Waals surface area contributed by atoms with Gasteiger partial charge >= 0.3 is 0 Å². The minimum atomic E-state index is -3.51. The van der Waals surface area contributed by atoms with Crippen molar-refractivity contribution in [3.8, 4) is 0 Å². The van der Waals surface area contributed by atoms with E-state index in [0.29, 0.717) is 11.4 Å². The third kappa shape index (κ3) is 2.70. The molecule has 0 aromatic heterocycles. The van der Waals surface area contributed by atoms with Gasteiger partial charge in [-0.2, -0.15) is 0 Å². The summed E-state index contributed by atoms with van der Waals surface area (Å²) in [4.78, 5) is 0.322. The second kappa shape index (κ2) is 5.67. The molecule has 0 N–H and O–H groups in total. The number of benzene rings is 2. The Morgan fingerprint density at radius 1 is 1.00 bits per heavy atom. The van der Waals surface area contributed by atoms with Gasteiger partial charge in [-0.1, -0.05) is 30.3 Å². The van der Waals surface area contributed by atoms with Crippen LogP contribution < -0.4 is 4.31 Å². The molecule has 3 nitrogen and oxygen atoms in total. The maximum Gasteiger partial charge on any atom is 0.264 e. The van der Waals surface area contributed by atoms with Crippen molar-refractivity contribution in [2.45, 2.75) is 25.7 Å². The van der Waals surface area contributed by atoms with Crippen LogP contribution in [0, 0.1) is 13.8 Å². The fourth-order valence-corrected chi connectivity index (χ4v) is 3.73. The van der Waals surface area contributed by atoms with Crippen LogP contribution in [0.1, 0.15) is 18.1 Å². The summed E-state index contributed by atoms with van der Waals surface area (Å²) >= 11 is 0. The van der Waals surface area contributed by atoms with E-state index in [1.54, 1.807) is 24.3 Å². The minimum Gasteiger partial charge on any atom is -0.266 e. The van der Waals surface area contributed by atoms with Crippen LogP contribution in [0.3, 0.4) is 0 Å². The van der Waals surface area contributed by atoms with Crippen LogP contribution in [0.25, 0.3) is 0 Å². The highest BCUT2D eigenvalue weighted by Crippen LogP contribution is 2.27. The van der Waals surface area contributed by atoms with E-state index < -0.39 is 10.0 Å². The molecule has 0 fully saturated rings. The van der Waals surface area contributed by atoms with Gasteiger partial charge < -0.3 is 0 Å². The van der Waals surface area contributed by atoms with Crippen LogP contribution in [0.15, 0.2) is 53.4 Å². The molecule has 2 aromatic rings. The quantitative estimate of drug-likeness (QED) is 0.863. The number of hydrogen-bond acceptors (Lipinski definition) is 2. The van der Waals surface area contributed by atoms with Crippen molar-refractivity contribution >= 4 is 15.7 Å². The zero-order valence-electron chi connectivity index (χ0n) is 12.0. The summed E-state index contributed by atoms with van der Waals surface area (Å²) in [6.45, 7) is 6.15. The first-order valence-corrected chi connectivity index (χ1v) is 8.06. The minimum absolute atomic E-state index is 0.322. The Hall–Kier alpha value is -1.81. The molecule has 0 atom stereocenters. The molecule has 0 saturated heterocycles. The van der Waals surface area contributed by atoms with E-state index in [9.17, 15) is 8.42 Å². The Bertz CT molecular complexity index is 694. The summed E-state index contributed by atoms with van der Waals surface area (Å²) in [6.07, 6.45) is 0. The summed E-state index contributed by atoms with van der Waals surface area (Å²) in [7, 11) is -3.51. The van der Waals surface area contributed by atoms with Gasteiger partial charge in [-0.3, -0.25) is 4.31 Å². The van der Waals surface area contributed by atoms with Crippen LogP contribution >= 0.6 is 0 Å². The standard InChI is InChI=1S/C16H19NO2S/c1-4-17(16-12-13(2)10-11-14(16)3)20(18,19)15-8-6-5-7-9-15/h5-12H,4H2,1-3H3. The lowest BCUT2D eigenvalue weighted by Crippen LogP contribution is -2.31. The Morgan fingerprint density at radius 3 is 2.25 bits per heavy atom. The van der Waals surface area contributed by atoms with Crippen molar-refractivity contribution in [3.63, 3.8) is 0 Å². The fourth-order valence-electron chi connectivity index (χ4n) is 2.18. The van der Waals surface area contributed by atoms with Crippen LogP contribution in [0.2, 0.25) is 0 Å². The molecule has 0 saturated carbocycles. The highest BCUT2D eigenvalue weighted by molar-refractivity contribution is 7.92. The van der Waals surface area contributed by atoms with Crippen molar-refractivity contribution in [2.24, 2.45) is 0 Å². The second-order valence-corrected chi connectivity index (χ2v) is 6.64. The number of anilines is 1. The van der Waals surface area contributed by atoms with E-state index in [0.717, 1.165) is 16.8 Å². The van der Waals surface area contributed by atoms with Gasteiger partial charge in [-0.25, -0.2) is 8.42 Å².